The van der Waals surface area contributed by atoms with Crippen LogP contribution in [-0.4, -0.2) is 28.2 Å². The van der Waals surface area contributed by atoms with Gasteiger partial charge in [-0.05, 0) is 26.3 Å². The van der Waals surface area contributed by atoms with E-state index in [0.29, 0.717) is 0 Å². The van der Waals surface area contributed by atoms with Crippen molar-refractivity contribution in [2.75, 3.05) is 0 Å². The maximum atomic E-state index is 11.3. The molecule has 0 saturated carbocycles. The molecule has 1 saturated heterocycles. The van der Waals surface area contributed by atoms with Crippen molar-refractivity contribution >= 4 is 0 Å². The maximum Gasteiger partial charge on any atom is 0.262 e. The van der Waals surface area contributed by atoms with E-state index in [1.54, 1.807) is 12.0 Å². The van der Waals surface area contributed by atoms with Crippen molar-refractivity contribution in [3.8, 4) is 0 Å². The van der Waals surface area contributed by atoms with Crippen molar-refractivity contribution in [1.82, 2.24) is 5.06 Å². The van der Waals surface area contributed by atoms with Crippen LogP contribution in [0.25, 0.3) is 0 Å². The zero-order chi connectivity index (χ0) is 13.3. The molecule has 1 heterocycles. The van der Waals surface area contributed by atoms with Crippen LogP contribution in [0.15, 0.2) is 30.3 Å². The fourth-order valence-electron chi connectivity index (χ4n) is 2.45. The quantitative estimate of drug-likeness (QED) is 0.610. The van der Waals surface area contributed by atoms with Crippen molar-refractivity contribution in [3.05, 3.63) is 46.0 Å². The molecule has 18 heavy (non-hydrogen) atoms. The van der Waals surface area contributed by atoms with Crippen molar-refractivity contribution in [1.29, 1.82) is 0 Å². The summed E-state index contributed by atoms with van der Waals surface area (Å²) < 4.78 is 0. The van der Waals surface area contributed by atoms with Crippen molar-refractivity contribution in [2.24, 2.45) is 0 Å². The van der Waals surface area contributed by atoms with Crippen LogP contribution in [0.2, 0.25) is 0 Å². The van der Waals surface area contributed by atoms with E-state index in [9.17, 15) is 10.1 Å². The maximum absolute atomic E-state index is 11.3. The number of nitrogens with zero attached hydrogens (tertiary/aromatic N) is 2. The summed E-state index contributed by atoms with van der Waals surface area (Å²) in [5.41, 5.74) is 0.928. The first-order chi connectivity index (χ1) is 8.52. The van der Waals surface area contributed by atoms with E-state index in [0.717, 1.165) is 5.56 Å². The molecule has 1 fully saturated rings. The van der Waals surface area contributed by atoms with E-state index in [1.807, 2.05) is 44.2 Å². The van der Waals surface area contributed by atoms with E-state index in [4.69, 9.17) is 4.84 Å². The standard InChI is InChI=1S/C13H18N2O3/c1-9(2)14-13(11-7-5-4-6-8-11)12(15(16)17)10(3)18-14/h4-10,12-13H,1-3H3/t10-,12-,13-/m0/s1. The van der Waals surface area contributed by atoms with Crippen LogP contribution in [0.1, 0.15) is 32.4 Å². The van der Waals surface area contributed by atoms with Gasteiger partial charge in [-0.15, -0.1) is 0 Å². The first-order valence-corrected chi connectivity index (χ1v) is 6.16. The summed E-state index contributed by atoms with van der Waals surface area (Å²) in [5, 5.41) is 13.0. The van der Waals surface area contributed by atoms with E-state index in [-0.39, 0.29) is 17.0 Å². The second-order valence-corrected chi connectivity index (χ2v) is 4.90. The molecule has 1 aromatic rings. The summed E-state index contributed by atoms with van der Waals surface area (Å²) in [5.74, 6) is 0. The Bertz CT molecular complexity index is 422. The Labute approximate surface area is 106 Å². The minimum Gasteiger partial charge on any atom is -0.288 e. The molecule has 0 bridgehead atoms. The Morgan fingerprint density at radius 3 is 2.44 bits per heavy atom. The number of rotatable bonds is 3. The van der Waals surface area contributed by atoms with Gasteiger partial charge >= 0.3 is 0 Å². The molecule has 98 valence electrons. The molecule has 2 rings (SSSR count). The highest BCUT2D eigenvalue weighted by molar-refractivity contribution is 5.21. The summed E-state index contributed by atoms with van der Waals surface area (Å²) >= 11 is 0. The molecule has 5 heteroatoms. The van der Waals surface area contributed by atoms with Crippen molar-refractivity contribution in [2.45, 2.75) is 45.0 Å². The number of hydrogen-bond acceptors (Lipinski definition) is 4. The molecule has 0 unspecified atom stereocenters. The highest BCUT2D eigenvalue weighted by Gasteiger charge is 2.50. The molecule has 0 radical (unpaired) electrons. The number of nitro groups is 1. The number of benzene rings is 1. The Morgan fingerprint density at radius 2 is 1.94 bits per heavy atom. The molecule has 0 aromatic heterocycles. The van der Waals surface area contributed by atoms with Gasteiger partial charge in [-0.1, -0.05) is 30.3 Å². The summed E-state index contributed by atoms with van der Waals surface area (Å²) in [4.78, 5) is 16.7. The Balaban J connectivity index is 2.39. The number of hydrogen-bond donors (Lipinski definition) is 0. The second kappa shape index (κ2) is 5.04. The van der Waals surface area contributed by atoms with E-state index in [2.05, 4.69) is 0 Å². The molecule has 0 N–H and O–H groups in total. The van der Waals surface area contributed by atoms with E-state index >= 15 is 0 Å². The van der Waals surface area contributed by atoms with Crippen molar-refractivity contribution in [3.63, 3.8) is 0 Å². The minimum atomic E-state index is -0.727. The Morgan fingerprint density at radius 1 is 1.33 bits per heavy atom. The third-order valence-corrected chi connectivity index (χ3v) is 3.26. The van der Waals surface area contributed by atoms with Crippen LogP contribution in [0.5, 0.6) is 0 Å². The zero-order valence-electron chi connectivity index (χ0n) is 10.8. The van der Waals surface area contributed by atoms with Gasteiger partial charge in [0, 0.05) is 11.0 Å². The highest BCUT2D eigenvalue weighted by atomic mass is 16.7. The molecule has 3 atom stereocenters. The van der Waals surface area contributed by atoms with E-state index in [1.165, 1.54) is 0 Å². The monoisotopic (exact) mass is 250 g/mol. The fraction of sp³-hybridized carbons (Fsp3) is 0.538. The largest absolute Gasteiger partial charge is 0.288 e. The molecular weight excluding hydrogens is 232 g/mol. The van der Waals surface area contributed by atoms with Crippen LogP contribution in [0.3, 0.4) is 0 Å². The SMILES string of the molecule is CC(C)N1O[C@@H](C)[C@H]([N+](=O)[O-])[C@@H]1c1ccccc1. The van der Waals surface area contributed by atoms with Crippen molar-refractivity contribution < 1.29 is 9.76 Å². The smallest absolute Gasteiger partial charge is 0.262 e. The van der Waals surface area contributed by atoms with Crippen LogP contribution in [0, 0.1) is 10.1 Å². The Kier molecular flexibility index (Phi) is 3.63. The first kappa shape index (κ1) is 13.0. The van der Waals surface area contributed by atoms with Crippen LogP contribution >= 0.6 is 0 Å². The van der Waals surface area contributed by atoms with Gasteiger partial charge in [0.25, 0.3) is 6.04 Å². The molecule has 0 spiro atoms. The van der Waals surface area contributed by atoms with Gasteiger partial charge in [-0.3, -0.25) is 15.0 Å². The van der Waals surface area contributed by atoms with Gasteiger partial charge in [0.05, 0.1) is 0 Å². The normalized spacial score (nSPS) is 28.8. The molecule has 0 aliphatic carbocycles. The summed E-state index contributed by atoms with van der Waals surface area (Å²) in [6, 6.07) is 8.58. The molecule has 5 nitrogen and oxygen atoms in total. The Hall–Kier alpha value is -1.46. The van der Waals surface area contributed by atoms with Gasteiger partial charge in [-0.2, -0.15) is 5.06 Å². The van der Waals surface area contributed by atoms with Gasteiger partial charge in [0.2, 0.25) is 0 Å². The summed E-state index contributed by atoms with van der Waals surface area (Å²) in [6.07, 6.45) is -0.410. The second-order valence-electron chi connectivity index (χ2n) is 4.90. The van der Waals surface area contributed by atoms with Gasteiger partial charge in [0.1, 0.15) is 12.1 Å². The first-order valence-electron chi connectivity index (χ1n) is 6.16. The summed E-state index contributed by atoms with van der Waals surface area (Å²) in [6.45, 7) is 5.71. The lowest BCUT2D eigenvalue weighted by Crippen LogP contribution is -2.36. The molecule has 1 aliphatic heterocycles. The van der Waals surface area contributed by atoms with Gasteiger partial charge in [-0.25, -0.2) is 0 Å². The lowest BCUT2D eigenvalue weighted by molar-refractivity contribution is -0.529. The summed E-state index contributed by atoms with van der Waals surface area (Å²) in [7, 11) is 0. The van der Waals surface area contributed by atoms with E-state index < -0.39 is 12.1 Å². The average molecular weight is 250 g/mol. The average Bonchev–Trinajstić information content (AvgIpc) is 2.68. The van der Waals surface area contributed by atoms with Gasteiger partial charge < -0.3 is 0 Å². The lowest BCUT2D eigenvalue weighted by atomic mass is 9.97. The predicted molar refractivity (Wildman–Crippen MR) is 67.5 cm³/mol. The van der Waals surface area contributed by atoms with Crippen LogP contribution in [0.4, 0.5) is 0 Å². The lowest BCUT2D eigenvalue weighted by Gasteiger charge is -2.26. The number of hydroxylamine groups is 2. The highest BCUT2D eigenvalue weighted by Crippen LogP contribution is 2.37. The fourth-order valence-corrected chi connectivity index (χ4v) is 2.45. The third kappa shape index (κ3) is 2.23. The molecule has 1 aromatic carbocycles. The van der Waals surface area contributed by atoms with Crippen LogP contribution in [-0.2, 0) is 4.84 Å². The van der Waals surface area contributed by atoms with Gasteiger partial charge in [0.15, 0.2) is 0 Å². The molecular formula is C13H18N2O3. The molecule has 1 aliphatic rings. The zero-order valence-corrected chi connectivity index (χ0v) is 10.8. The van der Waals surface area contributed by atoms with Crippen LogP contribution < -0.4 is 0 Å². The third-order valence-electron chi connectivity index (χ3n) is 3.26. The molecule has 0 amide bonds. The minimum absolute atomic E-state index is 0.0996. The topological polar surface area (TPSA) is 55.6 Å². The predicted octanol–water partition coefficient (Wildman–Crippen LogP) is 2.42.